The summed E-state index contributed by atoms with van der Waals surface area (Å²) in [6, 6.07) is 7.10. The van der Waals surface area contributed by atoms with Gasteiger partial charge in [-0.3, -0.25) is 0 Å². The smallest absolute Gasteiger partial charge is 0.0612 e. The number of nitrogens with zero attached hydrogens (tertiary/aromatic N) is 1. The summed E-state index contributed by atoms with van der Waals surface area (Å²) in [5.74, 6) is 1.49. The summed E-state index contributed by atoms with van der Waals surface area (Å²) in [6.07, 6.45) is 4.04. The first-order valence-corrected chi connectivity index (χ1v) is 8.76. The molecule has 0 radical (unpaired) electrons. The Morgan fingerprint density at radius 1 is 1.10 bits per heavy atom. The molecule has 2 bridgehead atoms. The monoisotopic (exact) mass is 326 g/mol. The molecule has 1 saturated heterocycles. The third-order valence-electron chi connectivity index (χ3n) is 5.09. The molecule has 2 aliphatic rings. The van der Waals surface area contributed by atoms with Gasteiger partial charge in [0.15, 0.2) is 0 Å². The van der Waals surface area contributed by atoms with Crippen LogP contribution < -0.4 is 5.32 Å². The highest BCUT2D eigenvalue weighted by molar-refractivity contribution is 6.42. The molecule has 0 amide bonds. The van der Waals surface area contributed by atoms with Gasteiger partial charge in [-0.2, -0.15) is 0 Å². The Balaban J connectivity index is 1.74. The van der Waals surface area contributed by atoms with E-state index in [-0.39, 0.29) is 0 Å². The average Bonchev–Trinajstić information content (AvgIpc) is 2.42. The van der Waals surface area contributed by atoms with Crippen LogP contribution in [0.3, 0.4) is 0 Å². The van der Waals surface area contributed by atoms with Gasteiger partial charge in [-0.1, -0.05) is 29.6 Å². The Kier molecular flexibility index (Phi) is 4.68. The van der Waals surface area contributed by atoms with Crippen molar-refractivity contribution in [2.75, 3.05) is 18.4 Å². The van der Waals surface area contributed by atoms with Crippen molar-refractivity contribution < 1.29 is 0 Å². The van der Waals surface area contributed by atoms with Gasteiger partial charge in [-0.15, -0.1) is 0 Å². The number of rotatable bonds is 3. The fraction of sp³-hybridized carbons (Fsp3) is 0.647. The highest BCUT2D eigenvalue weighted by Crippen LogP contribution is 2.38. The van der Waals surface area contributed by atoms with E-state index in [9.17, 15) is 0 Å². The number of likely N-dealkylation sites (tertiary alicyclic amines) is 1. The lowest BCUT2D eigenvalue weighted by molar-refractivity contribution is 0.0518. The van der Waals surface area contributed by atoms with Crippen LogP contribution in [0.4, 0.5) is 5.69 Å². The Labute approximate surface area is 137 Å². The minimum absolute atomic E-state index is 0.575. The Bertz CT molecular complexity index is 490. The first kappa shape index (κ1) is 15.5. The number of nitrogens with one attached hydrogen (secondary N) is 1. The second kappa shape index (κ2) is 6.36. The van der Waals surface area contributed by atoms with Gasteiger partial charge < -0.3 is 10.2 Å². The molecular weight excluding hydrogens is 303 g/mol. The maximum absolute atomic E-state index is 6.14. The fourth-order valence-electron chi connectivity index (χ4n) is 3.91. The standard InChI is InChI=1S/C17H24Cl2N2/c1-11(2)21-9-12-4-3-5-13(10-21)17(12)20-14-6-7-15(18)16(19)8-14/h6-8,11-13,17,20H,3-5,9-10H2,1-2H3. The van der Waals surface area contributed by atoms with Crippen LogP contribution in [0.1, 0.15) is 33.1 Å². The van der Waals surface area contributed by atoms with Crippen LogP contribution in [0.2, 0.25) is 10.0 Å². The summed E-state index contributed by atoms with van der Waals surface area (Å²) < 4.78 is 0. The maximum atomic E-state index is 6.14. The molecule has 2 fully saturated rings. The topological polar surface area (TPSA) is 15.3 Å². The molecule has 21 heavy (non-hydrogen) atoms. The van der Waals surface area contributed by atoms with Gasteiger partial charge in [-0.25, -0.2) is 0 Å². The molecule has 2 unspecified atom stereocenters. The van der Waals surface area contributed by atoms with Crippen molar-refractivity contribution in [3.05, 3.63) is 28.2 Å². The lowest BCUT2D eigenvalue weighted by Gasteiger charge is -2.49. The van der Waals surface area contributed by atoms with Gasteiger partial charge in [0.1, 0.15) is 0 Å². The van der Waals surface area contributed by atoms with E-state index in [1.165, 1.54) is 32.4 Å². The van der Waals surface area contributed by atoms with Crippen molar-refractivity contribution in [3.8, 4) is 0 Å². The van der Waals surface area contributed by atoms with Crippen molar-refractivity contribution in [3.63, 3.8) is 0 Å². The largest absolute Gasteiger partial charge is 0.382 e. The highest BCUT2D eigenvalue weighted by Gasteiger charge is 2.39. The second-order valence-corrected chi connectivity index (χ2v) is 7.61. The molecule has 1 aromatic rings. The van der Waals surface area contributed by atoms with Gasteiger partial charge in [0, 0.05) is 30.9 Å². The number of halogens is 2. The Morgan fingerprint density at radius 2 is 1.76 bits per heavy atom. The quantitative estimate of drug-likeness (QED) is 0.848. The maximum Gasteiger partial charge on any atom is 0.0612 e. The van der Waals surface area contributed by atoms with E-state index in [4.69, 9.17) is 23.2 Å². The average molecular weight is 327 g/mol. The molecule has 0 spiro atoms. The predicted octanol–water partition coefficient (Wildman–Crippen LogP) is 4.91. The number of piperidine rings is 1. The molecule has 116 valence electrons. The molecule has 1 N–H and O–H groups in total. The molecule has 1 aliphatic heterocycles. The van der Waals surface area contributed by atoms with Crippen molar-refractivity contribution >= 4 is 28.9 Å². The van der Waals surface area contributed by atoms with Crippen LogP contribution in [0.25, 0.3) is 0 Å². The molecule has 4 heteroatoms. The van der Waals surface area contributed by atoms with Crippen LogP contribution in [0, 0.1) is 11.8 Å². The van der Waals surface area contributed by atoms with Crippen molar-refractivity contribution in [2.24, 2.45) is 11.8 Å². The predicted molar refractivity (Wildman–Crippen MR) is 91.4 cm³/mol. The summed E-state index contributed by atoms with van der Waals surface area (Å²) in [7, 11) is 0. The molecule has 1 aromatic carbocycles. The zero-order valence-electron chi connectivity index (χ0n) is 12.8. The van der Waals surface area contributed by atoms with Gasteiger partial charge in [-0.05, 0) is 56.7 Å². The lowest BCUT2D eigenvalue weighted by atomic mass is 9.73. The van der Waals surface area contributed by atoms with Crippen molar-refractivity contribution in [2.45, 2.75) is 45.2 Å². The first-order chi connectivity index (χ1) is 10.0. The number of hydrogen-bond acceptors (Lipinski definition) is 2. The first-order valence-electron chi connectivity index (χ1n) is 8.00. The van der Waals surface area contributed by atoms with Crippen LogP contribution >= 0.6 is 23.2 Å². The third-order valence-corrected chi connectivity index (χ3v) is 5.83. The summed E-state index contributed by atoms with van der Waals surface area (Å²) in [6.45, 7) is 7.05. The summed E-state index contributed by atoms with van der Waals surface area (Å²) in [4.78, 5) is 2.64. The third kappa shape index (κ3) is 3.33. The fourth-order valence-corrected chi connectivity index (χ4v) is 4.21. The SMILES string of the molecule is CC(C)N1CC2CCCC(C1)C2Nc1ccc(Cl)c(Cl)c1. The molecule has 0 aromatic heterocycles. The molecule has 1 heterocycles. The summed E-state index contributed by atoms with van der Waals surface area (Å²) in [5, 5.41) is 4.99. The highest BCUT2D eigenvalue weighted by atomic mass is 35.5. The Hall–Kier alpha value is -0.440. The summed E-state index contributed by atoms with van der Waals surface area (Å²) >= 11 is 12.1. The van der Waals surface area contributed by atoms with E-state index in [0.29, 0.717) is 22.1 Å². The van der Waals surface area contributed by atoms with Crippen LogP contribution in [0.5, 0.6) is 0 Å². The van der Waals surface area contributed by atoms with Gasteiger partial charge in [0.25, 0.3) is 0 Å². The van der Waals surface area contributed by atoms with E-state index in [1.54, 1.807) is 0 Å². The minimum Gasteiger partial charge on any atom is -0.382 e. The molecule has 2 atom stereocenters. The van der Waals surface area contributed by atoms with Gasteiger partial charge in [0.2, 0.25) is 0 Å². The molecular formula is C17H24Cl2N2. The number of fused-ring (bicyclic) bond motifs is 2. The zero-order valence-corrected chi connectivity index (χ0v) is 14.3. The summed E-state index contributed by atoms with van der Waals surface area (Å²) in [5.41, 5.74) is 1.10. The van der Waals surface area contributed by atoms with Crippen LogP contribution in [-0.2, 0) is 0 Å². The number of hydrogen-bond donors (Lipinski definition) is 1. The van der Waals surface area contributed by atoms with E-state index >= 15 is 0 Å². The molecule has 3 rings (SSSR count). The number of benzene rings is 1. The lowest BCUT2D eigenvalue weighted by Crippen LogP contribution is -2.56. The molecule has 2 nitrogen and oxygen atoms in total. The minimum atomic E-state index is 0.575. The second-order valence-electron chi connectivity index (χ2n) is 6.80. The van der Waals surface area contributed by atoms with Crippen LogP contribution in [-0.4, -0.2) is 30.1 Å². The Morgan fingerprint density at radius 3 is 2.33 bits per heavy atom. The van der Waals surface area contributed by atoms with E-state index in [2.05, 4.69) is 24.1 Å². The zero-order chi connectivity index (χ0) is 15.0. The van der Waals surface area contributed by atoms with E-state index in [1.807, 2.05) is 18.2 Å². The number of anilines is 1. The van der Waals surface area contributed by atoms with E-state index in [0.717, 1.165) is 17.5 Å². The van der Waals surface area contributed by atoms with Crippen LogP contribution in [0.15, 0.2) is 18.2 Å². The normalized spacial score (nSPS) is 29.7. The van der Waals surface area contributed by atoms with Crippen molar-refractivity contribution in [1.29, 1.82) is 0 Å². The van der Waals surface area contributed by atoms with Crippen molar-refractivity contribution in [1.82, 2.24) is 4.90 Å². The van der Waals surface area contributed by atoms with E-state index < -0.39 is 0 Å². The van der Waals surface area contributed by atoms with Gasteiger partial charge >= 0.3 is 0 Å². The molecule has 1 saturated carbocycles. The van der Waals surface area contributed by atoms with Gasteiger partial charge in [0.05, 0.1) is 10.0 Å². The molecule has 1 aliphatic carbocycles.